The SMILES string of the molecule is C#Cc1ccc(-c2ccc3nnnn3n2)cc1. The summed E-state index contributed by atoms with van der Waals surface area (Å²) in [5, 5.41) is 15.4. The van der Waals surface area contributed by atoms with Crippen LogP contribution in [0.25, 0.3) is 16.9 Å². The second kappa shape index (κ2) is 3.68. The zero-order valence-corrected chi connectivity index (χ0v) is 8.78. The molecule has 0 atom stereocenters. The maximum absolute atomic E-state index is 5.30. The molecular weight excluding hydrogens is 214 g/mol. The van der Waals surface area contributed by atoms with Crippen LogP contribution in [0.5, 0.6) is 0 Å². The van der Waals surface area contributed by atoms with E-state index in [1.807, 2.05) is 36.4 Å². The first-order valence-corrected chi connectivity index (χ1v) is 4.99. The van der Waals surface area contributed by atoms with Crippen molar-refractivity contribution in [3.8, 4) is 23.6 Å². The lowest BCUT2D eigenvalue weighted by atomic mass is 10.1. The molecule has 0 saturated carbocycles. The van der Waals surface area contributed by atoms with Gasteiger partial charge in [-0.2, -0.15) is 0 Å². The van der Waals surface area contributed by atoms with Gasteiger partial charge in [0.05, 0.1) is 5.69 Å². The Hall–Kier alpha value is -2.74. The molecule has 0 N–H and O–H groups in total. The quantitative estimate of drug-likeness (QED) is 0.579. The lowest BCUT2D eigenvalue weighted by Crippen LogP contribution is -1.96. The van der Waals surface area contributed by atoms with Crippen LogP contribution >= 0.6 is 0 Å². The summed E-state index contributed by atoms with van der Waals surface area (Å²) in [7, 11) is 0. The minimum atomic E-state index is 0.619. The average Bonchev–Trinajstić information content (AvgIpc) is 2.86. The predicted molar refractivity (Wildman–Crippen MR) is 61.9 cm³/mol. The number of hydrogen-bond donors (Lipinski definition) is 0. The monoisotopic (exact) mass is 221 g/mol. The van der Waals surface area contributed by atoms with Gasteiger partial charge in [-0.1, -0.05) is 18.1 Å². The predicted octanol–water partition coefficient (Wildman–Crippen LogP) is 1.17. The van der Waals surface area contributed by atoms with E-state index in [0.29, 0.717) is 5.65 Å². The zero-order valence-electron chi connectivity index (χ0n) is 8.78. The van der Waals surface area contributed by atoms with Crippen molar-refractivity contribution in [1.82, 2.24) is 25.3 Å². The van der Waals surface area contributed by atoms with E-state index in [9.17, 15) is 0 Å². The van der Waals surface area contributed by atoms with Gasteiger partial charge >= 0.3 is 0 Å². The van der Waals surface area contributed by atoms with Crippen molar-refractivity contribution in [2.24, 2.45) is 0 Å². The Morgan fingerprint density at radius 1 is 1.06 bits per heavy atom. The molecule has 1 aromatic carbocycles. The fourth-order valence-corrected chi connectivity index (χ4v) is 1.54. The first-order chi connectivity index (χ1) is 8.36. The Balaban J connectivity index is 2.10. The minimum absolute atomic E-state index is 0.619. The molecule has 2 heterocycles. The first kappa shape index (κ1) is 9.48. The van der Waals surface area contributed by atoms with Gasteiger partial charge in [0.15, 0.2) is 5.65 Å². The van der Waals surface area contributed by atoms with E-state index >= 15 is 0 Å². The van der Waals surface area contributed by atoms with Crippen LogP contribution in [-0.2, 0) is 0 Å². The van der Waals surface area contributed by atoms with E-state index in [4.69, 9.17) is 6.42 Å². The van der Waals surface area contributed by atoms with Crippen molar-refractivity contribution in [1.29, 1.82) is 0 Å². The van der Waals surface area contributed by atoms with Crippen molar-refractivity contribution in [3.05, 3.63) is 42.0 Å². The molecule has 2 aromatic heterocycles. The van der Waals surface area contributed by atoms with Crippen LogP contribution in [-0.4, -0.2) is 25.3 Å². The van der Waals surface area contributed by atoms with Crippen LogP contribution in [0.4, 0.5) is 0 Å². The maximum atomic E-state index is 5.30. The first-order valence-electron chi connectivity index (χ1n) is 4.99. The fourth-order valence-electron chi connectivity index (χ4n) is 1.54. The number of tetrazole rings is 1. The fraction of sp³-hybridized carbons (Fsp3) is 0. The second-order valence-corrected chi connectivity index (χ2v) is 3.47. The van der Waals surface area contributed by atoms with E-state index in [1.165, 1.54) is 4.63 Å². The molecule has 0 bridgehead atoms. The third-order valence-corrected chi connectivity index (χ3v) is 2.42. The number of terminal acetylenes is 1. The summed E-state index contributed by atoms with van der Waals surface area (Å²) in [6.45, 7) is 0. The van der Waals surface area contributed by atoms with Gasteiger partial charge in [0.25, 0.3) is 0 Å². The van der Waals surface area contributed by atoms with Gasteiger partial charge in [-0.05, 0) is 34.7 Å². The smallest absolute Gasteiger partial charge is 0.147 e. The normalized spacial score (nSPS) is 10.3. The standard InChI is InChI=1S/C12H7N5/c1-2-9-3-5-10(6-4-9)11-7-8-12-13-15-16-17(12)14-11/h1,3-8H. The highest BCUT2D eigenvalue weighted by molar-refractivity contribution is 5.61. The molecule has 0 aliphatic rings. The van der Waals surface area contributed by atoms with Crippen LogP contribution in [0.3, 0.4) is 0 Å². The summed E-state index contributed by atoms with van der Waals surface area (Å²) in [5.41, 5.74) is 3.24. The average molecular weight is 221 g/mol. The van der Waals surface area contributed by atoms with Crippen molar-refractivity contribution in [3.63, 3.8) is 0 Å². The molecule has 0 radical (unpaired) electrons. The van der Waals surface area contributed by atoms with Gasteiger partial charge in [-0.15, -0.1) is 21.3 Å². The third-order valence-electron chi connectivity index (χ3n) is 2.42. The Bertz CT molecular complexity index is 706. The largest absolute Gasteiger partial charge is 0.200 e. The summed E-state index contributed by atoms with van der Waals surface area (Å²) < 4.78 is 1.39. The molecule has 0 aliphatic carbocycles. The maximum Gasteiger partial charge on any atom is 0.200 e. The van der Waals surface area contributed by atoms with E-state index in [-0.39, 0.29) is 0 Å². The third kappa shape index (κ3) is 1.62. The molecule has 0 spiro atoms. The van der Waals surface area contributed by atoms with Crippen molar-refractivity contribution >= 4 is 5.65 Å². The summed E-state index contributed by atoms with van der Waals surface area (Å²) in [6.07, 6.45) is 5.30. The highest BCUT2D eigenvalue weighted by Crippen LogP contribution is 2.16. The zero-order chi connectivity index (χ0) is 11.7. The van der Waals surface area contributed by atoms with Gasteiger partial charge in [0.2, 0.25) is 0 Å². The number of rotatable bonds is 1. The molecule has 3 rings (SSSR count). The van der Waals surface area contributed by atoms with Crippen molar-refractivity contribution in [2.45, 2.75) is 0 Å². The van der Waals surface area contributed by atoms with Gasteiger partial charge in [0, 0.05) is 11.1 Å². The van der Waals surface area contributed by atoms with Gasteiger partial charge in [-0.25, -0.2) is 0 Å². The van der Waals surface area contributed by atoms with Crippen LogP contribution in [0.15, 0.2) is 36.4 Å². The molecule has 0 saturated heterocycles. The minimum Gasteiger partial charge on any atom is -0.147 e. The summed E-state index contributed by atoms with van der Waals surface area (Å²) in [6, 6.07) is 11.3. The Morgan fingerprint density at radius 3 is 2.65 bits per heavy atom. The van der Waals surface area contributed by atoms with Gasteiger partial charge in [0.1, 0.15) is 0 Å². The molecular formula is C12H7N5. The molecule has 0 aliphatic heterocycles. The van der Waals surface area contributed by atoms with E-state index in [0.717, 1.165) is 16.8 Å². The molecule has 3 aromatic rings. The molecule has 17 heavy (non-hydrogen) atoms. The molecule has 0 unspecified atom stereocenters. The topological polar surface area (TPSA) is 56.0 Å². The Morgan fingerprint density at radius 2 is 1.88 bits per heavy atom. The second-order valence-electron chi connectivity index (χ2n) is 3.47. The highest BCUT2D eigenvalue weighted by Gasteiger charge is 2.02. The van der Waals surface area contributed by atoms with E-state index in [1.54, 1.807) is 0 Å². The number of hydrogen-bond acceptors (Lipinski definition) is 4. The summed E-state index contributed by atoms with van der Waals surface area (Å²) in [4.78, 5) is 0. The molecule has 0 amide bonds. The number of benzene rings is 1. The van der Waals surface area contributed by atoms with Crippen LogP contribution in [0, 0.1) is 12.3 Å². The Kier molecular flexibility index (Phi) is 2.06. The van der Waals surface area contributed by atoms with Crippen molar-refractivity contribution in [2.75, 3.05) is 0 Å². The van der Waals surface area contributed by atoms with Crippen LogP contribution < -0.4 is 0 Å². The molecule has 5 nitrogen and oxygen atoms in total. The highest BCUT2D eigenvalue weighted by atomic mass is 15.6. The molecule has 0 fully saturated rings. The lowest BCUT2D eigenvalue weighted by molar-refractivity contribution is 0.736. The van der Waals surface area contributed by atoms with Gasteiger partial charge < -0.3 is 0 Å². The lowest BCUT2D eigenvalue weighted by Gasteiger charge is -2.00. The van der Waals surface area contributed by atoms with Crippen LogP contribution in [0.1, 0.15) is 5.56 Å². The number of aromatic nitrogens is 5. The Labute approximate surface area is 97.1 Å². The molecule has 5 heteroatoms. The number of nitrogens with zero attached hydrogens (tertiary/aromatic N) is 5. The van der Waals surface area contributed by atoms with Crippen LogP contribution in [0.2, 0.25) is 0 Å². The van der Waals surface area contributed by atoms with Crippen molar-refractivity contribution < 1.29 is 0 Å². The van der Waals surface area contributed by atoms with E-state index < -0.39 is 0 Å². The number of fused-ring (bicyclic) bond motifs is 1. The molecule has 80 valence electrons. The van der Waals surface area contributed by atoms with E-state index in [2.05, 4.69) is 26.5 Å². The summed E-state index contributed by atoms with van der Waals surface area (Å²) >= 11 is 0. The van der Waals surface area contributed by atoms with Gasteiger partial charge in [-0.3, -0.25) is 0 Å². The summed E-state index contributed by atoms with van der Waals surface area (Å²) in [5.74, 6) is 2.57.